The number of carbonyl (C=O) groups excluding carboxylic acids is 1. The molecule has 0 aliphatic carbocycles. The van der Waals surface area contributed by atoms with E-state index in [0.29, 0.717) is 19.5 Å². The second kappa shape index (κ2) is 7.41. The molecule has 2 aromatic rings. The van der Waals surface area contributed by atoms with Gasteiger partial charge in [-0.05, 0) is 37.1 Å². The normalized spacial score (nSPS) is 19.3. The van der Waals surface area contributed by atoms with Crippen LogP contribution in [0.4, 0.5) is 0 Å². The average molecular weight is 352 g/mol. The summed E-state index contributed by atoms with van der Waals surface area (Å²) < 4.78 is 5.24. The molecular formula is C20H24N4O2. The minimum Gasteiger partial charge on any atom is -0.497 e. The predicted molar refractivity (Wildman–Crippen MR) is 97.8 cm³/mol. The minimum atomic E-state index is 0.130. The van der Waals surface area contributed by atoms with Crippen molar-refractivity contribution < 1.29 is 9.53 Å². The van der Waals surface area contributed by atoms with E-state index in [1.165, 1.54) is 6.42 Å². The largest absolute Gasteiger partial charge is 0.497 e. The monoisotopic (exact) mass is 352 g/mol. The third-order valence-corrected chi connectivity index (χ3v) is 5.17. The number of rotatable bonds is 4. The van der Waals surface area contributed by atoms with Gasteiger partial charge in [-0.3, -0.25) is 4.79 Å². The summed E-state index contributed by atoms with van der Waals surface area (Å²) in [5, 5.41) is 3.44. The molecule has 0 radical (unpaired) electrons. The Bertz CT molecular complexity index is 802. The molecule has 1 fully saturated rings. The highest BCUT2D eigenvalue weighted by molar-refractivity contribution is 5.79. The van der Waals surface area contributed by atoms with Crippen molar-refractivity contribution in [3.05, 3.63) is 53.1 Å². The first-order valence-corrected chi connectivity index (χ1v) is 9.21. The third kappa shape index (κ3) is 3.55. The molecule has 6 heteroatoms. The van der Waals surface area contributed by atoms with Crippen molar-refractivity contribution in [3.8, 4) is 5.75 Å². The zero-order valence-electron chi connectivity index (χ0n) is 15.1. The summed E-state index contributed by atoms with van der Waals surface area (Å²) >= 11 is 0. The molecule has 2 aliphatic heterocycles. The Hall–Kier alpha value is -2.47. The van der Waals surface area contributed by atoms with Crippen LogP contribution >= 0.6 is 0 Å². The van der Waals surface area contributed by atoms with Gasteiger partial charge < -0.3 is 15.0 Å². The number of ether oxygens (including phenoxy) is 1. The van der Waals surface area contributed by atoms with E-state index < -0.39 is 0 Å². The molecule has 4 rings (SSSR count). The first-order chi connectivity index (χ1) is 12.7. The molecule has 1 saturated heterocycles. The Kier molecular flexibility index (Phi) is 4.84. The summed E-state index contributed by atoms with van der Waals surface area (Å²) in [4.78, 5) is 23.9. The Morgan fingerprint density at radius 2 is 2.35 bits per heavy atom. The van der Waals surface area contributed by atoms with E-state index in [4.69, 9.17) is 9.72 Å². The van der Waals surface area contributed by atoms with Gasteiger partial charge in [-0.15, -0.1) is 0 Å². The van der Waals surface area contributed by atoms with E-state index >= 15 is 0 Å². The third-order valence-electron chi connectivity index (χ3n) is 5.17. The molecule has 26 heavy (non-hydrogen) atoms. The van der Waals surface area contributed by atoms with E-state index in [9.17, 15) is 4.79 Å². The highest BCUT2D eigenvalue weighted by Gasteiger charge is 2.25. The number of aromatic nitrogens is 2. The molecule has 0 spiro atoms. The molecule has 136 valence electrons. The molecule has 1 unspecified atom stereocenters. The molecule has 0 saturated carbocycles. The van der Waals surface area contributed by atoms with Crippen molar-refractivity contribution in [2.75, 3.05) is 20.2 Å². The molecule has 1 atom stereocenters. The maximum absolute atomic E-state index is 12.7. The Morgan fingerprint density at radius 1 is 1.42 bits per heavy atom. The fraction of sp³-hybridized carbons (Fsp3) is 0.450. The van der Waals surface area contributed by atoms with Crippen molar-refractivity contribution >= 4 is 5.91 Å². The van der Waals surface area contributed by atoms with Gasteiger partial charge in [-0.25, -0.2) is 9.97 Å². The molecule has 1 aromatic heterocycles. The molecule has 3 heterocycles. The summed E-state index contributed by atoms with van der Waals surface area (Å²) in [6.07, 6.45) is 5.36. The standard InChI is InChI=1S/C20H24N4O2/c1-26-16-5-2-4-14(10-16)11-19(25)24-9-7-17-15(13-24)12-22-20(23-17)18-6-3-8-21-18/h2,4-5,10,12,18,21H,3,6-9,11,13H2,1H3. The highest BCUT2D eigenvalue weighted by Crippen LogP contribution is 2.23. The lowest BCUT2D eigenvalue weighted by atomic mass is 10.0. The van der Waals surface area contributed by atoms with Gasteiger partial charge in [0.25, 0.3) is 0 Å². The lowest BCUT2D eigenvalue weighted by Crippen LogP contribution is -2.37. The number of methoxy groups -OCH3 is 1. The van der Waals surface area contributed by atoms with E-state index in [1.54, 1.807) is 7.11 Å². The Morgan fingerprint density at radius 3 is 3.15 bits per heavy atom. The molecular weight excluding hydrogens is 328 g/mol. The van der Waals surface area contributed by atoms with Crippen LogP contribution in [0.5, 0.6) is 5.75 Å². The smallest absolute Gasteiger partial charge is 0.227 e. The van der Waals surface area contributed by atoms with Crippen LogP contribution in [0.1, 0.15) is 41.5 Å². The lowest BCUT2D eigenvalue weighted by molar-refractivity contribution is -0.131. The van der Waals surface area contributed by atoms with Gasteiger partial charge in [0.1, 0.15) is 11.6 Å². The Balaban J connectivity index is 1.43. The zero-order valence-corrected chi connectivity index (χ0v) is 15.1. The van der Waals surface area contributed by atoms with Gasteiger partial charge in [0.05, 0.1) is 25.3 Å². The first kappa shape index (κ1) is 17.0. The fourth-order valence-corrected chi connectivity index (χ4v) is 3.69. The molecule has 0 bridgehead atoms. The number of hydrogen-bond donors (Lipinski definition) is 1. The minimum absolute atomic E-state index is 0.130. The molecule has 1 amide bonds. The zero-order chi connectivity index (χ0) is 17.9. The van der Waals surface area contributed by atoms with Gasteiger partial charge in [0.15, 0.2) is 0 Å². The van der Waals surface area contributed by atoms with Gasteiger partial charge in [0, 0.05) is 31.3 Å². The van der Waals surface area contributed by atoms with Crippen molar-refractivity contribution in [2.24, 2.45) is 0 Å². The maximum Gasteiger partial charge on any atom is 0.227 e. The first-order valence-electron chi connectivity index (χ1n) is 9.21. The number of hydrogen-bond acceptors (Lipinski definition) is 5. The second-order valence-electron chi connectivity index (χ2n) is 6.94. The SMILES string of the molecule is COc1cccc(CC(=O)N2CCc3nc(C4CCCN4)ncc3C2)c1. The topological polar surface area (TPSA) is 67.3 Å². The van der Waals surface area contributed by atoms with E-state index in [0.717, 1.165) is 47.8 Å². The Labute approximate surface area is 153 Å². The second-order valence-corrected chi connectivity index (χ2v) is 6.94. The number of amides is 1. The predicted octanol–water partition coefficient (Wildman–Crippen LogP) is 2.04. The summed E-state index contributed by atoms with van der Waals surface area (Å²) in [7, 11) is 1.64. The number of nitrogens with one attached hydrogen (secondary N) is 1. The van der Waals surface area contributed by atoms with E-state index in [1.807, 2.05) is 35.4 Å². The van der Waals surface area contributed by atoms with Crippen LogP contribution in [0.2, 0.25) is 0 Å². The van der Waals surface area contributed by atoms with Crippen LogP contribution in [0, 0.1) is 0 Å². The number of fused-ring (bicyclic) bond motifs is 1. The molecule has 6 nitrogen and oxygen atoms in total. The summed E-state index contributed by atoms with van der Waals surface area (Å²) in [6, 6.07) is 7.97. The fourth-order valence-electron chi connectivity index (χ4n) is 3.69. The quantitative estimate of drug-likeness (QED) is 0.912. The highest BCUT2D eigenvalue weighted by atomic mass is 16.5. The van der Waals surface area contributed by atoms with E-state index in [-0.39, 0.29) is 11.9 Å². The van der Waals surface area contributed by atoms with Crippen LogP contribution in [0.15, 0.2) is 30.5 Å². The van der Waals surface area contributed by atoms with Gasteiger partial charge in [0.2, 0.25) is 5.91 Å². The summed E-state index contributed by atoms with van der Waals surface area (Å²) in [6.45, 7) is 2.35. The summed E-state index contributed by atoms with van der Waals surface area (Å²) in [5.74, 6) is 1.81. The van der Waals surface area contributed by atoms with E-state index in [2.05, 4.69) is 10.3 Å². The average Bonchev–Trinajstić information content (AvgIpc) is 3.22. The molecule has 2 aliphatic rings. The van der Waals surface area contributed by atoms with Crippen LogP contribution < -0.4 is 10.1 Å². The van der Waals surface area contributed by atoms with Crippen molar-refractivity contribution in [1.82, 2.24) is 20.2 Å². The van der Waals surface area contributed by atoms with Crippen LogP contribution in [0.3, 0.4) is 0 Å². The van der Waals surface area contributed by atoms with Crippen LogP contribution in [0.25, 0.3) is 0 Å². The van der Waals surface area contributed by atoms with Crippen molar-refractivity contribution in [1.29, 1.82) is 0 Å². The number of carbonyl (C=O) groups is 1. The van der Waals surface area contributed by atoms with Crippen LogP contribution in [-0.2, 0) is 24.2 Å². The lowest BCUT2D eigenvalue weighted by Gasteiger charge is -2.28. The number of benzene rings is 1. The van der Waals surface area contributed by atoms with Gasteiger partial charge in [-0.1, -0.05) is 12.1 Å². The number of nitrogens with zero attached hydrogens (tertiary/aromatic N) is 3. The van der Waals surface area contributed by atoms with Crippen molar-refractivity contribution in [2.45, 2.75) is 38.3 Å². The van der Waals surface area contributed by atoms with Gasteiger partial charge >= 0.3 is 0 Å². The molecule has 1 aromatic carbocycles. The molecule has 1 N–H and O–H groups in total. The van der Waals surface area contributed by atoms with Crippen LogP contribution in [-0.4, -0.2) is 41.0 Å². The maximum atomic E-state index is 12.7. The summed E-state index contributed by atoms with van der Waals surface area (Å²) in [5.41, 5.74) is 3.13. The van der Waals surface area contributed by atoms with Gasteiger partial charge in [-0.2, -0.15) is 0 Å². The van der Waals surface area contributed by atoms with Crippen molar-refractivity contribution in [3.63, 3.8) is 0 Å².